The van der Waals surface area contributed by atoms with E-state index >= 15 is 0 Å². The molecule has 3 aromatic carbocycles. The molecule has 3 N–H and O–H groups in total. The lowest BCUT2D eigenvalue weighted by Crippen LogP contribution is -2.12. The minimum Gasteiger partial charge on any atom is -0.505 e. The number of halogens is 1. The lowest BCUT2D eigenvalue weighted by Gasteiger charge is -2.09. The highest BCUT2D eigenvalue weighted by Crippen LogP contribution is 2.38. The van der Waals surface area contributed by atoms with E-state index in [9.17, 15) is 9.90 Å². The Kier molecular flexibility index (Phi) is 3.40. The summed E-state index contributed by atoms with van der Waals surface area (Å²) < 4.78 is 0. The minimum absolute atomic E-state index is 0.137. The molecule has 5 heteroatoms. The lowest BCUT2D eigenvalue weighted by atomic mass is 10.1. The van der Waals surface area contributed by atoms with Crippen molar-refractivity contribution in [3.63, 3.8) is 0 Å². The van der Waals surface area contributed by atoms with Gasteiger partial charge in [0, 0.05) is 22.0 Å². The van der Waals surface area contributed by atoms with Gasteiger partial charge in [0.25, 0.3) is 5.91 Å². The molecule has 4 rings (SSSR count). The number of fused-ring (bicyclic) bond motifs is 3. The topological polar surface area (TPSA) is 65.1 Å². The maximum Gasteiger partial charge on any atom is 0.261 e. The minimum atomic E-state index is -0.419. The number of para-hydroxylation sites is 2. The summed E-state index contributed by atoms with van der Waals surface area (Å²) in [7, 11) is 0. The van der Waals surface area contributed by atoms with Gasteiger partial charge in [-0.15, -0.1) is 0 Å². The lowest BCUT2D eigenvalue weighted by molar-refractivity contribution is 0.102. The molecule has 24 heavy (non-hydrogen) atoms. The largest absolute Gasteiger partial charge is 0.505 e. The summed E-state index contributed by atoms with van der Waals surface area (Å²) in [5.41, 5.74) is 2.22. The Balaban J connectivity index is 1.93. The number of rotatable bonds is 2. The summed E-state index contributed by atoms with van der Waals surface area (Å²) in [5.74, 6) is -0.651. The van der Waals surface area contributed by atoms with Gasteiger partial charge in [0.2, 0.25) is 0 Å². The van der Waals surface area contributed by atoms with Crippen LogP contribution in [0.3, 0.4) is 0 Å². The summed E-state index contributed by atoms with van der Waals surface area (Å²) in [5, 5.41) is 15.0. The number of hydrogen-bond donors (Lipinski definition) is 3. The maximum absolute atomic E-state index is 12.7. The second kappa shape index (κ2) is 5.58. The Morgan fingerprint density at radius 2 is 1.71 bits per heavy atom. The van der Waals surface area contributed by atoms with E-state index in [-0.39, 0.29) is 16.3 Å². The van der Waals surface area contributed by atoms with Crippen LogP contribution in [0.1, 0.15) is 10.4 Å². The highest BCUT2D eigenvalue weighted by molar-refractivity contribution is 6.35. The van der Waals surface area contributed by atoms with Crippen molar-refractivity contribution in [1.82, 2.24) is 4.98 Å². The normalized spacial score (nSPS) is 11.0. The third-order valence-corrected chi connectivity index (χ3v) is 4.28. The Bertz CT molecular complexity index is 1070. The van der Waals surface area contributed by atoms with Crippen LogP contribution >= 0.6 is 11.6 Å². The molecule has 0 saturated carbocycles. The number of aromatic hydroxyl groups is 1. The summed E-state index contributed by atoms with van der Waals surface area (Å²) >= 11 is 6.15. The molecule has 1 aromatic heterocycles. The Morgan fingerprint density at radius 3 is 2.50 bits per heavy atom. The highest BCUT2D eigenvalue weighted by Gasteiger charge is 2.21. The van der Waals surface area contributed by atoms with Crippen molar-refractivity contribution in [2.45, 2.75) is 0 Å². The van der Waals surface area contributed by atoms with Crippen LogP contribution in [0.15, 0.2) is 60.7 Å². The smallest absolute Gasteiger partial charge is 0.261 e. The number of carbonyl (C=O) groups excluding carboxylic acids is 1. The van der Waals surface area contributed by atoms with Crippen molar-refractivity contribution < 1.29 is 9.90 Å². The van der Waals surface area contributed by atoms with E-state index in [0.29, 0.717) is 11.2 Å². The van der Waals surface area contributed by atoms with E-state index in [1.165, 1.54) is 0 Å². The number of carbonyl (C=O) groups is 1. The second-order valence-electron chi connectivity index (χ2n) is 5.50. The zero-order chi connectivity index (χ0) is 16.7. The third-order valence-electron chi connectivity index (χ3n) is 3.99. The molecule has 118 valence electrons. The number of aromatic amines is 1. The molecular formula is C19H13ClN2O2. The van der Waals surface area contributed by atoms with Crippen molar-refractivity contribution >= 4 is 45.0 Å². The number of nitrogens with one attached hydrogen (secondary N) is 2. The van der Waals surface area contributed by atoms with Crippen molar-refractivity contribution in [1.29, 1.82) is 0 Å². The van der Waals surface area contributed by atoms with Gasteiger partial charge in [0.05, 0.1) is 10.5 Å². The molecule has 0 spiro atoms. The summed E-state index contributed by atoms with van der Waals surface area (Å²) in [6.07, 6.45) is 0. The van der Waals surface area contributed by atoms with Crippen molar-refractivity contribution in [3.8, 4) is 5.75 Å². The van der Waals surface area contributed by atoms with E-state index in [2.05, 4.69) is 10.3 Å². The predicted octanol–water partition coefficient (Wildman–Crippen LogP) is 4.93. The van der Waals surface area contributed by atoms with Gasteiger partial charge < -0.3 is 15.4 Å². The molecule has 4 nitrogen and oxygen atoms in total. The molecule has 0 atom stereocenters. The highest BCUT2D eigenvalue weighted by atomic mass is 35.5. The van der Waals surface area contributed by atoms with Gasteiger partial charge in [-0.25, -0.2) is 0 Å². The van der Waals surface area contributed by atoms with Gasteiger partial charge in [-0.1, -0.05) is 48.0 Å². The molecule has 1 heterocycles. The van der Waals surface area contributed by atoms with Crippen molar-refractivity contribution in [3.05, 3.63) is 71.2 Å². The molecular weight excluding hydrogens is 324 g/mol. The average Bonchev–Trinajstić information content (AvgIpc) is 2.94. The first kappa shape index (κ1) is 14.6. The van der Waals surface area contributed by atoms with Crippen LogP contribution in [-0.4, -0.2) is 16.0 Å². The number of phenols is 1. The van der Waals surface area contributed by atoms with Crippen molar-refractivity contribution in [2.24, 2.45) is 0 Å². The zero-order valence-electron chi connectivity index (χ0n) is 12.5. The number of anilines is 1. The first-order chi connectivity index (χ1) is 11.6. The zero-order valence-corrected chi connectivity index (χ0v) is 13.3. The van der Waals surface area contributed by atoms with Gasteiger partial charge in [0.15, 0.2) is 0 Å². The first-order valence-corrected chi connectivity index (χ1v) is 7.81. The Labute approximate surface area is 142 Å². The van der Waals surface area contributed by atoms with Crippen LogP contribution in [0.2, 0.25) is 5.02 Å². The number of phenolic OH excluding ortho intramolecular Hbond substituents is 1. The number of aromatic nitrogens is 1. The SMILES string of the molecule is O=C(Nc1ccccc1)c1c(O)c(Cl)cc2c1[nH]c1ccccc12. The quantitative estimate of drug-likeness (QED) is 0.486. The van der Waals surface area contributed by atoms with Crippen LogP contribution in [0.5, 0.6) is 5.75 Å². The number of benzene rings is 3. The molecule has 0 aliphatic heterocycles. The molecule has 0 fully saturated rings. The maximum atomic E-state index is 12.7. The molecule has 0 radical (unpaired) electrons. The van der Waals surface area contributed by atoms with Crippen LogP contribution in [0.25, 0.3) is 21.8 Å². The molecule has 4 aromatic rings. The molecule has 0 unspecified atom stereocenters. The van der Waals surface area contributed by atoms with Gasteiger partial charge in [0.1, 0.15) is 11.3 Å². The Morgan fingerprint density at radius 1 is 1.00 bits per heavy atom. The van der Waals surface area contributed by atoms with Crippen LogP contribution in [-0.2, 0) is 0 Å². The molecule has 1 amide bonds. The van der Waals surface area contributed by atoms with E-state index in [0.717, 1.165) is 16.3 Å². The summed E-state index contributed by atoms with van der Waals surface area (Å²) in [6, 6.07) is 18.4. The molecule has 0 bridgehead atoms. The summed E-state index contributed by atoms with van der Waals surface area (Å²) in [4.78, 5) is 15.9. The summed E-state index contributed by atoms with van der Waals surface area (Å²) in [6.45, 7) is 0. The van der Waals surface area contributed by atoms with Crippen LogP contribution in [0, 0.1) is 0 Å². The van der Waals surface area contributed by atoms with Crippen molar-refractivity contribution in [2.75, 3.05) is 5.32 Å². The third kappa shape index (κ3) is 2.28. The fourth-order valence-corrected chi connectivity index (χ4v) is 3.08. The van der Waals surface area contributed by atoms with Gasteiger partial charge in [-0.3, -0.25) is 4.79 Å². The predicted molar refractivity (Wildman–Crippen MR) is 96.9 cm³/mol. The number of hydrogen-bond acceptors (Lipinski definition) is 2. The molecule has 0 saturated heterocycles. The van der Waals surface area contributed by atoms with E-state index in [4.69, 9.17) is 11.6 Å². The van der Waals surface area contributed by atoms with Gasteiger partial charge >= 0.3 is 0 Å². The van der Waals surface area contributed by atoms with Crippen LogP contribution in [0.4, 0.5) is 5.69 Å². The van der Waals surface area contributed by atoms with Crippen LogP contribution < -0.4 is 5.32 Å². The fourth-order valence-electron chi connectivity index (χ4n) is 2.88. The fraction of sp³-hybridized carbons (Fsp3) is 0. The standard InChI is InChI=1S/C19H13ClN2O2/c20-14-10-13-12-8-4-5-9-15(12)22-17(13)16(18(14)23)19(24)21-11-6-2-1-3-7-11/h1-10,22-23H,(H,21,24). The Hall–Kier alpha value is -2.98. The number of H-pyrrole nitrogens is 1. The monoisotopic (exact) mass is 336 g/mol. The average molecular weight is 337 g/mol. The molecule has 0 aliphatic carbocycles. The first-order valence-electron chi connectivity index (χ1n) is 7.43. The molecule has 0 aliphatic rings. The van der Waals surface area contributed by atoms with Gasteiger partial charge in [-0.2, -0.15) is 0 Å². The van der Waals surface area contributed by atoms with E-state index < -0.39 is 5.91 Å². The van der Waals surface area contributed by atoms with E-state index in [1.807, 2.05) is 42.5 Å². The van der Waals surface area contributed by atoms with E-state index in [1.54, 1.807) is 18.2 Å². The number of amides is 1. The second-order valence-corrected chi connectivity index (χ2v) is 5.90. The van der Waals surface area contributed by atoms with Gasteiger partial charge in [-0.05, 0) is 24.3 Å².